The fourth-order valence-corrected chi connectivity index (χ4v) is 4.09. The van der Waals surface area contributed by atoms with Gasteiger partial charge < -0.3 is 10.2 Å². The highest BCUT2D eigenvalue weighted by Gasteiger charge is 2.56. The van der Waals surface area contributed by atoms with Crippen LogP contribution < -0.4 is 10.2 Å². The molecule has 160 valence electrons. The SMILES string of the molecule is CCCN1C(=O)N(c2ccccc2Cl)[C@@H](N(O)C(=O)Nc2ccccc2Cl)C1(C)C. The molecule has 2 N–H and O–H groups in total. The highest BCUT2D eigenvalue weighted by atomic mass is 35.5. The van der Waals surface area contributed by atoms with Gasteiger partial charge in [0, 0.05) is 6.54 Å². The van der Waals surface area contributed by atoms with Crippen LogP contribution in [-0.2, 0) is 0 Å². The zero-order chi connectivity index (χ0) is 22.1. The number of urea groups is 2. The van der Waals surface area contributed by atoms with E-state index in [0.29, 0.717) is 33.0 Å². The van der Waals surface area contributed by atoms with Crippen LogP contribution in [0.1, 0.15) is 27.2 Å². The first kappa shape index (κ1) is 22.2. The van der Waals surface area contributed by atoms with Crippen molar-refractivity contribution in [2.45, 2.75) is 38.9 Å². The van der Waals surface area contributed by atoms with Gasteiger partial charge in [0.1, 0.15) is 0 Å². The number of benzene rings is 2. The van der Waals surface area contributed by atoms with Crippen LogP contribution in [0, 0.1) is 0 Å². The predicted octanol–water partition coefficient (Wildman–Crippen LogP) is 5.67. The molecule has 9 heteroatoms. The number of anilines is 2. The fourth-order valence-electron chi connectivity index (χ4n) is 3.68. The van der Waals surface area contributed by atoms with Crippen LogP contribution in [0.5, 0.6) is 0 Å². The first-order valence-electron chi connectivity index (χ1n) is 9.59. The van der Waals surface area contributed by atoms with Gasteiger partial charge in [-0.05, 0) is 44.5 Å². The molecule has 0 unspecified atom stereocenters. The summed E-state index contributed by atoms with van der Waals surface area (Å²) in [5.41, 5.74) is -0.149. The summed E-state index contributed by atoms with van der Waals surface area (Å²) >= 11 is 12.5. The average Bonchev–Trinajstić information content (AvgIpc) is 2.90. The van der Waals surface area contributed by atoms with Crippen LogP contribution in [0.2, 0.25) is 10.0 Å². The molecular formula is C21H24Cl2N4O3. The van der Waals surface area contributed by atoms with Crippen LogP contribution >= 0.6 is 23.2 Å². The molecule has 2 aromatic rings. The Balaban J connectivity index is 2.01. The fraction of sp³-hybridized carbons (Fsp3) is 0.333. The number of carbonyl (C=O) groups is 2. The lowest BCUT2D eigenvalue weighted by molar-refractivity contribution is -0.0948. The molecule has 0 aliphatic carbocycles. The molecule has 0 bridgehead atoms. The highest BCUT2D eigenvalue weighted by Crippen LogP contribution is 2.40. The minimum atomic E-state index is -1.03. The third kappa shape index (κ3) is 3.93. The molecule has 1 atom stereocenters. The van der Waals surface area contributed by atoms with Gasteiger partial charge in [-0.2, -0.15) is 5.06 Å². The van der Waals surface area contributed by atoms with Crippen molar-refractivity contribution < 1.29 is 14.8 Å². The van der Waals surface area contributed by atoms with E-state index in [1.165, 1.54) is 4.90 Å². The molecule has 30 heavy (non-hydrogen) atoms. The topological polar surface area (TPSA) is 76.1 Å². The van der Waals surface area contributed by atoms with Gasteiger partial charge in [-0.3, -0.25) is 10.1 Å². The quantitative estimate of drug-likeness (QED) is 0.454. The number of hydrogen-bond acceptors (Lipinski definition) is 3. The number of hydrogen-bond donors (Lipinski definition) is 2. The van der Waals surface area contributed by atoms with Gasteiger partial charge in [0.25, 0.3) is 0 Å². The molecular weight excluding hydrogens is 427 g/mol. The summed E-state index contributed by atoms with van der Waals surface area (Å²) in [4.78, 5) is 29.2. The Morgan fingerprint density at radius 1 is 1.13 bits per heavy atom. The van der Waals surface area contributed by atoms with Crippen molar-refractivity contribution in [3.8, 4) is 0 Å². The van der Waals surface area contributed by atoms with Gasteiger partial charge in [0.15, 0.2) is 6.17 Å². The molecule has 7 nitrogen and oxygen atoms in total. The average molecular weight is 451 g/mol. The molecule has 0 saturated carbocycles. The Hall–Kier alpha value is -2.48. The standard InChI is InChI=1S/C21H24Cl2N4O3/c1-4-13-25-20(29)26(17-12-8-6-10-15(17)23)18(21(25,2)3)27(30)19(28)24-16-11-7-5-9-14(16)22/h5-12,18,30H,4,13H2,1-3H3,(H,24,28)/t18-/m0/s1. The molecule has 1 fully saturated rings. The second-order valence-corrected chi connectivity index (χ2v) is 8.35. The number of halogens is 2. The molecule has 1 heterocycles. The van der Waals surface area contributed by atoms with E-state index in [4.69, 9.17) is 23.2 Å². The summed E-state index contributed by atoms with van der Waals surface area (Å²) in [5, 5.41) is 14.7. The second-order valence-electron chi connectivity index (χ2n) is 7.54. The lowest BCUT2D eigenvalue weighted by Crippen LogP contribution is -2.58. The minimum absolute atomic E-state index is 0.330. The lowest BCUT2D eigenvalue weighted by Gasteiger charge is -2.38. The van der Waals surface area contributed by atoms with E-state index in [9.17, 15) is 14.8 Å². The lowest BCUT2D eigenvalue weighted by atomic mass is 9.99. The molecule has 0 spiro atoms. The van der Waals surface area contributed by atoms with E-state index < -0.39 is 17.7 Å². The maximum Gasteiger partial charge on any atom is 0.347 e. The van der Waals surface area contributed by atoms with Gasteiger partial charge in [0.05, 0.1) is 27.0 Å². The second kappa shape index (κ2) is 8.71. The molecule has 2 aromatic carbocycles. The number of hydroxylamine groups is 2. The molecule has 1 saturated heterocycles. The number of carbonyl (C=O) groups excluding carboxylic acids is 2. The van der Waals surface area contributed by atoms with Crippen molar-refractivity contribution in [1.82, 2.24) is 9.96 Å². The van der Waals surface area contributed by atoms with Crippen LogP contribution in [-0.4, -0.2) is 45.5 Å². The van der Waals surface area contributed by atoms with E-state index in [0.717, 1.165) is 6.42 Å². The predicted molar refractivity (Wildman–Crippen MR) is 118 cm³/mol. The van der Waals surface area contributed by atoms with Crippen molar-refractivity contribution in [2.75, 3.05) is 16.8 Å². The summed E-state index contributed by atoms with van der Waals surface area (Å²) in [5.74, 6) is 0. The highest BCUT2D eigenvalue weighted by molar-refractivity contribution is 6.34. The summed E-state index contributed by atoms with van der Waals surface area (Å²) in [6.07, 6.45) is -0.311. The number of rotatable bonds is 5. The minimum Gasteiger partial charge on any atom is -0.315 e. The van der Waals surface area contributed by atoms with Gasteiger partial charge in [-0.25, -0.2) is 9.59 Å². The summed E-state index contributed by atoms with van der Waals surface area (Å²) in [6, 6.07) is 12.4. The third-order valence-corrected chi connectivity index (χ3v) is 5.77. The van der Waals surface area contributed by atoms with Crippen LogP contribution in [0.3, 0.4) is 0 Å². The summed E-state index contributed by atoms with van der Waals surface area (Å²) in [6.45, 7) is 6.02. The monoisotopic (exact) mass is 450 g/mol. The normalized spacial score (nSPS) is 17.9. The largest absolute Gasteiger partial charge is 0.347 e. The molecule has 3 rings (SSSR count). The van der Waals surface area contributed by atoms with Crippen molar-refractivity contribution in [1.29, 1.82) is 0 Å². The molecule has 0 radical (unpaired) electrons. The Bertz CT molecular complexity index is 953. The summed E-state index contributed by atoms with van der Waals surface area (Å²) < 4.78 is 0. The van der Waals surface area contributed by atoms with Crippen LogP contribution in [0.4, 0.5) is 21.0 Å². The number of amides is 4. The van der Waals surface area contributed by atoms with Crippen molar-refractivity contribution >= 4 is 46.6 Å². The van der Waals surface area contributed by atoms with Gasteiger partial charge in [0.2, 0.25) is 0 Å². The smallest absolute Gasteiger partial charge is 0.315 e. The summed E-state index contributed by atoms with van der Waals surface area (Å²) in [7, 11) is 0. The third-order valence-electron chi connectivity index (χ3n) is 5.12. The molecule has 1 aliphatic heterocycles. The van der Waals surface area contributed by atoms with Crippen molar-refractivity contribution in [2.24, 2.45) is 0 Å². The van der Waals surface area contributed by atoms with E-state index in [2.05, 4.69) is 5.32 Å². The van der Waals surface area contributed by atoms with Crippen LogP contribution in [0.15, 0.2) is 48.5 Å². The Morgan fingerprint density at radius 3 is 2.33 bits per heavy atom. The zero-order valence-corrected chi connectivity index (χ0v) is 18.5. The van der Waals surface area contributed by atoms with Crippen LogP contribution in [0.25, 0.3) is 0 Å². The van der Waals surface area contributed by atoms with E-state index in [1.54, 1.807) is 67.3 Å². The van der Waals surface area contributed by atoms with Gasteiger partial charge in [-0.1, -0.05) is 54.4 Å². The number of nitrogens with zero attached hydrogens (tertiary/aromatic N) is 3. The molecule has 4 amide bonds. The van der Waals surface area contributed by atoms with Gasteiger partial charge >= 0.3 is 12.1 Å². The number of para-hydroxylation sites is 2. The van der Waals surface area contributed by atoms with E-state index >= 15 is 0 Å². The Morgan fingerprint density at radius 2 is 1.73 bits per heavy atom. The van der Waals surface area contributed by atoms with Gasteiger partial charge in [-0.15, -0.1) is 0 Å². The molecule has 0 aromatic heterocycles. The number of nitrogens with one attached hydrogen (secondary N) is 1. The zero-order valence-electron chi connectivity index (χ0n) is 17.0. The maximum atomic E-state index is 13.3. The Labute approximate surface area is 185 Å². The first-order chi connectivity index (χ1) is 14.2. The maximum absolute atomic E-state index is 13.3. The van der Waals surface area contributed by atoms with Crippen molar-refractivity contribution in [3.05, 3.63) is 58.6 Å². The molecule has 1 aliphatic rings. The Kier molecular flexibility index (Phi) is 6.45. The van der Waals surface area contributed by atoms with E-state index in [1.807, 2.05) is 6.92 Å². The van der Waals surface area contributed by atoms with E-state index in [-0.39, 0.29) is 6.03 Å². The van der Waals surface area contributed by atoms with Crippen molar-refractivity contribution in [3.63, 3.8) is 0 Å². The first-order valence-corrected chi connectivity index (χ1v) is 10.3.